The van der Waals surface area contributed by atoms with Crippen molar-refractivity contribution in [2.75, 3.05) is 5.73 Å². The summed E-state index contributed by atoms with van der Waals surface area (Å²) in [5.41, 5.74) is 6.04. The van der Waals surface area contributed by atoms with Gasteiger partial charge in [0, 0.05) is 5.69 Å². The second kappa shape index (κ2) is 4.26. The number of nitrogens with two attached hydrogens (primary N) is 1. The maximum absolute atomic E-state index is 12.9. The van der Waals surface area contributed by atoms with Crippen molar-refractivity contribution in [2.24, 2.45) is 11.8 Å². The van der Waals surface area contributed by atoms with E-state index < -0.39 is 11.8 Å². The van der Waals surface area contributed by atoms with E-state index in [1.807, 2.05) is 0 Å². The van der Waals surface area contributed by atoms with Crippen LogP contribution in [0, 0.1) is 17.7 Å². The quantitative estimate of drug-likeness (QED) is 0.647. The normalized spacial score (nSPS) is 29.5. The molecule has 1 aromatic rings. The van der Waals surface area contributed by atoms with Gasteiger partial charge in [0.1, 0.15) is 11.9 Å². The number of rotatable bonds is 2. The third-order valence-electron chi connectivity index (χ3n) is 4.17. The molecule has 4 heteroatoms. The second-order valence-electron chi connectivity index (χ2n) is 5.35. The molecule has 0 aromatic heterocycles. The van der Waals surface area contributed by atoms with Crippen molar-refractivity contribution >= 4 is 11.7 Å². The third-order valence-corrected chi connectivity index (χ3v) is 4.17. The fraction of sp³-hybridized carbons (Fsp3) is 0.500. The lowest BCUT2D eigenvalue weighted by atomic mass is 9.97. The topological polar surface area (TPSA) is 52.3 Å². The molecule has 0 amide bonds. The van der Waals surface area contributed by atoms with Crippen LogP contribution in [-0.2, 0) is 4.74 Å². The summed E-state index contributed by atoms with van der Waals surface area (Å²) in [4.78, 5) is 12.0. The number of hydrogen-bond donors (Lipinski definition) is 1. The Labute approximate surface area is 105 Å². The molecule has 3 rings (SSSR count). The molecule has 18 heavy (non-hydrogen) atoms. The van der Waals surface area contributed by atoms with Crippen molar-refractivity contribution < 1.29 is 13.9 Å². The van der Waals surface area contributed by atoms with Gasteiger partial charge in [-0.3, -0.25) is 0 Å². The van der Waals surface area contributed by atoms with Crippen molar-refractivity contribution in [1.29, 1.82) is 0 Å². The molecular weight excluding hydrogens is 233 g/mol. The smallest absolute Gasteiger partial charge is 0.340 e. The molecule has 2 bridgehead atoms. The van der Waals surface area contributed by atoms with Gasteiger partial charge in [0.2, 0.25) is 0 Å². The number of benzene rings is 1. The Balaban J connectivity index is 1.71. The molecule has 3 atom stereocenters. The molecule has 2 saturated carbocycles. The van der Waals surface area contributed by atoms with E-state index in [1.54, 1.807) is 0 Å². The fourth-order valence-electron chi connectivity index (χ4n) is 3.25. The van der Waals surface area contributed by atoms with E-state index in [1.165, 1.54) is 25.0 Å². The van der Waals surface area contributed by atoms with Gasteiger partial charge in [-0.05, 0) is 55.7 Å². The van der Waals surface area contributed by atoms with Crippen LogP contribution in [0.5, 0.6) is 0 Å². The average Bonchev–Trinajstić information content (AvgIpc) is 2.90. The molecule has 1 aromatic carbocycles. The average molecular weight is 249 g/mol. The summed E-state index contributed by atoms with van der Waals surface area (Å²) in [6.45, 7) is 0. The fourth-order valence-corrected chi connectivity index (χ4v) is 3.25. The van der Waals surface area contributed by atoms with Crippen molar-refractivity contribution in [2.45, 2.75) is 31.8 Å². The highest BCUT2D eigenvalue weighted by Gasteiger charge is 2.41. The second-order valence-corrected chi connectivity index (χ2v) is 5.35. The standard InChI is InChI=1S/C14H16FNO2/c15-10-3-4-11(12(16)7-10)14(17)18-13-6-8-1-2-9(13)5-8/h3-4,7-9,13H,1-2,5-6,16H2. The van der Waals surface area contributed by atoms with E-state index in [4.69, 9.17) is 10.5 Å². The number of esters is 1. The number of halogens is 1. The zero-order valence-electron chi connectivity index (χ0n) is 10.1. The first-order valence-corrected chi connectivity index (χ1v) is 6.39. The summed E-state index contributed by atoms with van der Waals surface area (Å²) in [7, 11) is 0. The van der Waals surface area contributed by atoms with E-state index >= 15 is 0 Å². The maximum Gasteiger partial charge on any atom is 0.340 e. The van der Waals surface area contributed by atoms with Crippen LogP contribution in [-0.4, -0.2) is 12.1 Å². The molecule has 0 saturated heterocycles. The van der Waals surface area contributed by atoms with Gasteiger partial charge < -0.3 is 10.5 Å². The Morgan fingerprint density at radius 2 is 2.17 bits per heavy atom. The molecule has 3 unspecified atom stereocenters. The van der Waals surface area contributed by atoms with E-state index in [9.17, 15) is 9.18 Å². The molecule has 3 nitrogen and oxygen atoms in total. The number of ether oxygens (including phenoxy) is 1. The van der Waals surface area contributed by atoms with Crippen molar-refractivity contribution in [3.05, 3.63) is 29.6 Å². The van der Waals surface area contributed by atoms with Crippen LogP contribution < -0.4 is 5.73 Å². The lowest BCUT2D eigenvalue weighted by molar-refractivity contribution is 0.0160. The highest BCUT2D eigenvalue weighted by atomic mass is 19.1. The molecule has 2 aliphatic carbocycles. The predicted octanol–water partition coefficient (Wildman–Crippen LogP) is 2.75. The van der Waals surface area contributed by atoms with Crippen molar-refractivity contribution in [3.63, 3.8) is 0 Å². The first-order valence-electron chi connectivity index (χ1n) is 6.39. The van der Waals surface area contributed by atoms with Crippen LogP contribution in [0.1, 0.15) is 36.0 Å². The third kappa shape index (κ3) is 1.96. The molecule has 0 spiro atoms. The molecule has 0 heterocycles. The number of carbonyl (C=O) groups excluding carboxylic acids is 1. The molecule has 0 radical (unpaired) electrons. The van der Waals surface area contributed by atoms with Crippen molar-refractivity contribution in [1.82, 2.24) is 0 Å². The minimum absolute atomic E-state index is 0.0284. The molecule has 2 aliphatic rings. The Morgan fingerprint density at radius 3 is 2.78 bits per heavy atom. The minimum Gasteiger partial charge on any atom is -0.458 e. The van der Waals surface area contributed by atoms with E-state index in [0.717, 1.165) is 24.8 Å². The van der Waals surface area contributed by atoms with Crippen LogP contribution in [0.3, 0.4) is 0 Å². The van der Waals surface area contributed by atoms with Crippen LogP contribution in [0.15, 0.2) is 18.2 Å². The van der Waals surface area contributed by atoms with Gasteiger partial charge in [-0.2, -0.15) is 0 Å². The van der Waals surface area contributed by atoms with Crippen LogP contribution in [0.25, 0.3) is 0 Å². The monoisotopic (exact) mass is 249 g/mol. The van der Waals surface area contributed by atoms with Gasteiger partial charge in [-0.1, -0.05) is 0 Å². The lowest BCUT2D eigenvalue weighted by Gasteiger charge is -2.22. The SMILES string of the molecule is Nc1cc(F)ccc1C(=O)OC1CC2CCC1C2. The van der Waals surface area contributed by atoms with Crippen molar-refractivity contribution in [3.8, 4) is 0 Å². The highest BCUT2D eigenvalue weighted by Crippen LogP contribution is 2.46. The molecule has 96 valence electrons. The molecular formula is C14H16FNO2. The molecule has 0 aliphatic heterocycles. The number of nitrogen functional groups attached to an aromatic ring is 1. The number of hydrogen-bond acceptors (Lipinski definition) is 3. The Kier molecular flexibility index (Phi) is 2.73. The Hall–Kier alpha value is -1.58. The van der Waals surface area contributed by atoms with Gasteiger partial charge in [-0.25, -0.2) is 9.18 Å². The first kappa shape index (κ1) is 11.5. The first-order chi connectivity index (χ1) is 8.63. The van der Waals surface area contributed by atoms with Crippen LogP contribution in [0.2, 0.25) is 0 Å². The maximum atomic E-state index is 12.9. The summed E-state index contributed by atoms with van der Waals surface area (Å²) in [6.07, 6.45) is 4.59. The summed E-state index contributed by atoms with van der Waals surface area (Å²) >= 11 is 0. The van der Waals surface area contributed by atoms with Gasteiger partial charge in [0.05, 0.1) is 5.56 Å². The lowest BCUT2D eigenvalue weighted by Crippen LogP contribution is -2.24. The Morgan fingerprint density at radius 1 is 1.33 bits per heavy atom. The van der Waals surface area contributed by atoms with E-state index in [-0.39, 0.29) is 17.4 Å². The summed E-state index contributed by atoms with van der Waals surface area (Å²) in [5.74, 6) is 0.369. The van der Waals surface area contributed by atoms with E-state index in [2.05, 4.69) is 0 Å². The Bertz CT molecular complexity index is 489. The number of carbonyl (C=O) groups is 1. The predicted molar refractivity (Wildman–Crippen MR) is 65.5 cm³/mol. The summed E-state index contributed by atoms with van der Waals surface area (Å²) in [6, 6.07) is 3.77. The summed E-state index contributed by atoms with van der Waals surface area (Å²) < 4.78 is 18.4. The van der Waals surface area contributed by atoms with E-state index in [0.29, 0.717) is 5.92 Å². The minimum atomic E-state index is -0.441. The zero-order chi connectivity index (χ0) is 12.7. The molecule has 2 N–H and O–H groups in total. The highest BCUT2D eigenvalue weighted by molar-refractivity contribution is 5.95. The van der Waals surface area contributed by atoms with Gasteiger partial charge in [-0.15, -0.1) is 0 Å². The van der Waals surface area contributed by atoms with Gasteiger partial charge >= 0.3 is 5.97 Å². The van der Waals surface area contributed by atoms with Gasteiger partial charge in [0.15, 0.2) is 0 Å². The molecule has 2 fully saturated rings. The largest absolute Gasteiger partial charge is 0.458 e. The van der Waals surface area contributed by atoms with Crippen LogP contribution in [0.4, 0.5) is 10.1 Å². The van der Waals surface area contributed by atoms with Gasteiger partial charge in [0.25, 0.3) is 0 Å². The van der Waals surface area contributed by atoms with Crippen LogP contribution >= 0.6 is 0 Å². The zero-order valence-corrected chi connectivity index (χ0v) is 10.1. The number of fused-ring (bicyclic) bond motifs is 2. The summed E-state index contributed by atoms with van der Waals surface area (Å²) in [5, 5.41) is 0. The number of anilines is 1.